The fourth-order valence-corrected chi connectivity index (χ4v) is 2.90. The lowest BCUT2D eigenvalue weighted by Crippen LogP contribution is -2.37. The van der Waals surface area contributed by atoms with Crippen molar-refractivity contribution in [2.45, 2.75) is 26.4 Å². The third-order valence-electron chi connectivity index (χ3n) is 4.03. The van der Waals surface area contributed by atoms with Gasteiger partial charge in [0.25, 0.3) is 0 Å². The molecule has 6 nitrogen and oxygen atoms in total. The summed E-state index contributed by atoms with van der Waals surface area (Å²) in [6.45, 7) is 4.21. The lowest BCUT2D eigenvalue weighted by atomic mass is 10.1. The van der Waals surface area contributed by atoms with Crippen molar-refractivity contribution < 1.29 is 19.1 Å². The van der Waals surface area contributed by atoms with E-state index in [0.717, 1.165) is 12.0 Å². The van der Waals surface area contributed by atoms with Gasteiger partial charge >= 0.3 is 0 Å². The summed E-state index contributed by atoms with van der Waals surface area (Å²) < 4.78 is 11.0. The minimum Gasteiger partial charge on any atom is -0.493 e. The second-order valence-electron chi connectivity index (χ2n) is 6.84. The Kier molecular flexibility index (Phi) is 9.22. The van der Waals surface area contributed by atoms with E-state index < -0.39 is 0 Å². The SMILES string of the molecule is COc1cc(/C=C/C(=O)NCC(=O)NCCc2ccccc2)cc(Cl)c1OC(C)C. The summed E-state index contributed by atoms with van der Waals surface area (Å²) in [4.78, 5) is 23.9. The molecule has 0 heterocycles. The van der Waals surface area contributed by atoms with Crippen LogP contribution in [0.25, 0.3) is 6.08 Å². The molecule has 0 saturated heterocycles. The zero-order valence-electron chi connectivity index (χ0n) is 17.4. The van der Waals surface area contributed by atoms with Crippen LogP contribution in [0.2, 0.25) is 5.02 Å². The number of carbonyl (C=O) groups excluding carboxylic acids is 2. The van der Waals surface area contributed by atoms with Crippen molar-refractivity contribution in [3.05, 3.63) is 64.7 Å². The van der Waals surface area contributed by atoms with Crippen LogP contribution < -0.4 is 20.1 Å². The van der Waals surface area contributed by atoms with Gasteiger partial charge in [0.05, 0.1) is 24.8 Å². The first-order valence-electron chi connectivity index (χ1n) is 9.69. The zero-order valence-corrected chi connectivity index (χ0v) is 18.2. The van der Waals surface area contributed by atoms with Gasteiger partial charge in [-0.15, -0.1) is 0 Å². The van der Waals surface area contributed by atoms with E-state index in [0.29, 0.717) is 28.6 Å². The molecule has 2 amide bonds. The van der Waals surface area contributed by atoms with Crippen molar-refractivity contribution in [2.75, 3.05) is 20.2 Å². The first-order valence-corrected chi connectivity index (χ1v) is 10.1. The Morgan fingerprint density at radius 3 is 2.53 bits per heavy atom. The molecule has 0 aliphatic heterocycles. The van der Waals surface area contributed by atoms with Crippen LogP contribution >= 0.6 is 11.6 Å². The molecule has 7 heteroatoms. The number of carbonyl (C=O) groups is 2. The van der Waals surface area contributed by atoms with Gasteiger partial charge in [0.15, 0.2) is 11.5 Å². The van der Waals surface area contributed by atoms with Crippen LogP contribution in [0.5, 0.6) is 11.5 Å². The summed E-state index contributed by atoms with van der Waals surface area (Å²) in [6, 6.07) is 13.3. The van der Waals surface area contributed by atoms with E-state index in [1.807, 2.05) is 44.2 Å². The van der Waals surface area contributed by atoms with Gasteiger partial charge in [-0.3, -0.25) is 9.59 Å². The summed E-state index contributed by atoms with van der Waals surface area (Å²) in [5.41, 5.74) is 1.82. The molecule has 0 aliphatic carbocycles. The summed E-state index contributed by atoms with van der Waals surface area (Å²) in [6.07, 6.45) is 3.61. The van der Waals surface area contributed by atoms with Gasteiger partial charge in [-0.25, -0.2) is 0 Å². The van der Waals surface area contributed by atoms with Crippen LogP contribution in [0, 0.1) is 0 Å². The first-order chi connectivity index (χ1) is 14.4. The summed E-state index contributed by atoms with van der Waals surface area (Å²) >= 11 is 6.28. The summed E-state index contributed by atoms with van der Waals surface area (Å²) in [7, 11) is 1.52. The topological polar surface area (TPSA) is 76.7 Å². The molecular weight excluding hydrogens is 404 g/mol. The van der Waals surface area contributed by atoms with E-state index in [4.69, 9.17) is 21.1 Å². The van der Waals surface area contributed by atoms with Crippen molar-refractivity contribution in [2.24, 2.45) is 0 Å². The van der Waals surface area contributed by atoms with E-state index in [2.05, 4.69) is 10.6 Å². The molecule has 2 aromatic carbocycles. The molecule has 0 atom stereocenters. The van der Waals surface area contributed by atoms with Gasteiger partial charge < -0.3 is 20.1 Å². The average Bonchev–Trinajstić information content (AvgIpc) is 2.72. The Morgan fingerprint density at radius 2 is 1.87 bits per heavy atom. The molecule has 0 saturated carbocycles. The maximum Gasteiger partial charge on any atom is 0.244 e. The highest BCUT2D eigenvalue weighted by atomic mass is 35.5. The van der Waals surface area contributed by atoms with Crippen molar-refractivity contribution >= 4 is 29.5 Å². The highest BCUT2D eigenvalue weighted by Gasteiger charge is 2.13. The van der Waals surface area contributed by atoms with Gasteiger partial charge in [-0.05, 0) is 49.6 Å². The number of ether oxygens (including phenoxy) is 2. The molecule has 0 aromatic heterocycles. The van der Waals surface area contributed by atoms with Crippen LogP contribution in [0.1, 0.15) is 25.0 Å². The van der Waals surface area contributed by atoms with Crippen molar-refractivity contribution in [1.29, 1.82) is 0 Å². The molecule has 0 unspecified atom stereocenters. The average molecular weight is 431 g/mol. The Bertz CT molecular complexity index is 882. The van der Waals surface area contributed by atoms with E-state index in [1.54, 1.807) is 18.2 Å². The Balaban J connectivity index is 1.82. The number of rotatable bonds is 10. The molecule has 2 aromatic rings. The monoisotopic (exact) mass is 430 g/mol. The van der Waals surface area contributed by atoms with Gasteiger partial charge in [0, 0.05) is 12.6 Å². The molecule has 2 rings (SSSR count). The predicted octanol–water partition coefficient (Wildman–Crippen LogP) is 3.62. The number of methoxy groups -OCH3 is 1. The second-order valence-corrected chi connectivity index (χ2v) is 7.24. The second kappa shape index (κ2) is 11.9. The van der Waals surface area contributed by atoms with Gasteiger partial charge in [-0.1, -0.05) is 41.9 Å². The van der Waals surface area contributed by atoms with Gasteiger partial charge in [-0.2, -0.15) is 0 Å². The van der Waals surface area contributed by atoms with Crippen LogP contribution in [-0.4, -0.2) is 38.1 Å². The fraction of sp³-hybridized carbons (Fsp3) is 0.304. The van der Waals surface area contributed by atoms with Crippen LogP contribution in [-0.2, 0) is 16.0 Å². The largest absolute Gasteiger partial charge is 0.493 e. The molecular formula is C23H27ClN2O4. The van der Waals surface area contributed by atoms with E-state index in [9.17, 15) is 9.59 Å². The molecule has 160 valence electrons. The van der Waals surface area contributed by atoms with Gasteiger partial charge in [0.2, 0.25) is 11.8 Å². The van der Waals surface area contributed by atoms with E-state index in [1.165, 1.54) is 13.2 Å². The Labute approximate surface area is 182 Å². The highest BCUT2D eigenvalue weighted by molar-refractivity contribution is 6.32. The third kappa shape index (κ3) is 7.79. The van der Waals surface area contributed by atoms with E-state index >= 15 is 0 Å². The zero-order chi connectivity index (χ0) is 21.9. The first kappa shape index (κ1) is 23.3. The van der Waals surface area contributed by atoms with Crippen LogP contribution in [0.4, 0.5) is 0 Å². The summed E-state index contributed by atoms with van der Waals surface area (Å²) in [5, 5.41) is 5.72. The Morgan fingerprint density at radius 1 is 1.13 bits per heavy atom. The molecule has 30 heavy (non-hydrogen) atoms. The minimum atomic E-state index is -0.384. The maximum atomic E-state index is 12.0. The number of benzene rings is 2. The Hall–Kier alpha value is -2.99. The number of nitrogens with one attached hydrogen (secondary N) is 2. The standard InChI is InChI=1S/C23H27ClN2O4/c1-16(2)30-23-19(24)13-18(14-20(23)29-3)9-10-21(27)26-15-22(28)25-12-11-17-7-5-4-6-8-17/h4-10,13-14,16H,11-12,15H2,1-3H3,(H,25,28)(H,26,27)/b10-9+. The van der Waals surface area contributed by atoms with Crippen molar-refractivity contribution in [3.8, 4) is 11.5 Å². The third-order valence-corrected chi connectivity index (χ3v) is 4.32. The minimum absolute atomic E-state index is 0.0533. The fourth-order valence-electron chi connectivity index (χ4n) is 2.64. The van der Waals surface area contributed by atoms with E-state index in [-0.39, 0.29) is 24.5 Å². The van der Waals surface area contributed by atoms with Crippen LogP contribution in [0.3, 0.4) is 0 Å². The molecule has 2 N–H and O–H groups in total. The van der Waals surface area contributed by atoms with Crippen molar-refractivity contribution in [3.63, 3.8) is 0 Å². The molecule has 0 radical (unpaired) electrons. The predicted molar refractivity (Wildman–Crippen MR) is 119 cm³/mol. The number of hydrogen-bond acceptors (Lipinski definition) is 4. The van der Waals surface area contributed by atoms with Gasteiger partial charge in [0.1, 0.15) is 0 Å². The molecule has 0 aliphatic rings. The summed E-state index contributed by atoms with van der Waals surface area (Å²) in [5.74, 6) is 0.315. The maximum absolute atomic E-state index is 12.0. The van der Waals surface area contributed by atoms with Crippen LogP contribution in [0.15, 0.2) is 48.5 Å². The smallest absolute Gasteiger partial charge is 0.244 e. The molecule has 0 bridgehead atoms. The van der Waals surface area contributed by atoms with Crippen molar-refractivity contribution in [1.82, 2.24) is 10.6 Å². The molecule has 0 fully saturated rings. The molecule has 0 spiro atoms. The quantitative estimate of drug-likeness (QED) is 0.564. The lowest BCUT2D eigenvalue weighted by Gasteiger charge is -2.15. The highest BCUT2D eigenvalue weighted by Crippen LogP contribution is 2.37. The number of hydrogen-bond donors (Lipinski definition) is 2. The number of halogens is 1. The normalized spacial score (nSPS) is 10.8. The number of amides is 2. The lowest BCUT2D eigenvalue weighted by molar-refractivity contribution is -0.123.